The summed E-state index contributed by atoms with van der Waals surface area (Å²) in [5.74, 6) is 1.47. The van der Waals surface area contributed by atoms with Crippen LogP contribution in [0.5, 0.6) is 11.5 Å². The average Bonchev–Trinajstić information content (AvgIpc) is 2.89. The zero-order valence-electron chi connectivity index (χ0n) is 9.86. The van der Waals surface area contributed by atoms with Crippen LogP contribution < -0.4 is 14.8 Å². The van der Waals surface area contributed by atoms with Crippen LogP contribution in [0.3, 0.4) is 0 Å². The molecule has 90 valence electrons. The van der Waals surface area contributed by atoms with E-state index in [0.717, 1.165) is 22.7 Å². The molecule has 2 N–H and O–H groups in total. The van der Waals surface area contributed by atoms with Crippen LogP contribution in [0.4, 0.5) is 5.69 Å². The summed E-state index contributed by atoms with van der Waals surface area (Å²) in [6, 6.07) is 5.84. The molecule has 1 aromatic carbocycles. The predicted octanol–water partition coefficient (Wildman–Crippen LogP) is 2.04. The zero-order chi connectivity index (χ0) is 12.1. The minimum Gasteiger partial charge on any atom is -0.493 e. The van der Waals surface area contributed by atoms with Gasteiger partial charge in [-0.2, -0.15) is 5.10 Å². The van der Waals surface area contributed by atoms with E-state index in [-0.39, 0.29) is 0 Å². The second kappa shape index (κ2) is 5.25. The molecular weight excluding hydrogens is 218 g/mol. The zero-order valence-corrected chi connectivity index (χ0v) is 9.86. The van der Waals surface area contributed by atoms with Crippen LogP contribution >= 0.6 is 0 Å². The molecule has 0 fully saturated rings. The van der Waals surface area contributed by atoms with Crippen molar-refractivity contribution >= 4 is 5.69 Å². The molecule has 0 bridgehead atoms. The molecular formula is C12H15N3O2. The van der Waals surface area contributed by atoms with Crippen molar-refractivity contribution in [2.75, 3.05) is 19.5 Å². The van der Waals surface area contributed by atoms with Gasteiger partial charge in [0.05, 0.1) is 26.1 Å². The first kappa shape index (κ1) is 11.3. The number of aromatic nitrogens is 2. The van der Waals surface area contributed by atoms with Gasteiger partial charge < -0.3 is 14.8 Å². The molecule has 0 atom stereocenters. The maximum atomic E-state index is 5.24. The molecule has 1 aromatic heterocycles. The van der Waals surface area contributed by atoms with E-state index in [1.807, 2.05) is 18.2 Å². The van der Waals surface area contributed by atoms with E-state index in [4.69, 9.17) is 9.47 Å². The highest BCUT2D eigenvalue weighted by molar-refractivity contribution is 5.45. The fraction of sp³-hybridized carbons (Fsp3) is 0.250. The number of hydrogen-bond donors (Lipinski definition) is 2. The van der Waals surface area contributed by atoms with Crippen molar-refractivity contribution in [1.29, 1.82) is 0 Å². The van der Waals surface area contributed by atoms with Gasteiger partial charge in [0.15, 0.2) is 11.5 Å². The Morgan fingerprint density at radius 1 is 1.24 bits per heavy atom. The van der Waals surface area contributed by atoms with Gasteiger partial charge in [0, 0.05) is 12.7 Å². The fourth-order valence-corrected chi connectivity index (χ4v) is 1.54. The molecule has 0 aliphatic carbocycles. The average molecular weight is 233 g/mol. The summed E-state index contributed by atoms with van der Waals surface area (Å²) in [4.78, 5) is 0. The Morgan fingerprint density at radius 3 is 2.71 bits per heavy atom. The van der Waals surface area contributed by atoms with Crippen molar-refractivity contribution in [2.45, 2.75) is 6.54 Å². The van der Waals surface area contributed by atoms with Gasteiger partial charge in [0.25, 0.3) is 0 Å². The SMILES string of the molecule is COc1ccc(CNc2cn[nH]c2)cc1OC. The second-order valence-corrected chi connectivity index (χ2v) is 3.53. The van der Waals surface area contributed by atoms with Crippen molar-refractivity contribution < 1.29 is 9.47 Å². The lowest BCUT2D eigenvalue weighted by molar-refractivity contribution is 0.354. The number of methoxy groups -OCH3 is 2. The Kier molecular flexibility index (Phi) is 3.49. The monoisotopic (exact) mass is 233 g/mol. The summed E-state index contributed by atoms with van der Waals surface area (Å²) < 4.78 is 10.4. The highest BCUT2D eigenvalue weighted by atomic mass is 16.5. The molecule has 0 amide bonds. The minimum absolute atomic E-state index is 0.708. The van der Waals surface area contributed by atoms with E-state index in [0.29, 0.717) is 6.54 Å². The lowest BCUT2D eigenvalue weighted by atomic mass is 10.2. The van der Waals surface area contributed by atoms with E-state index in [1.165, 1.54) is 0 Å². The van der Waals surface area contributed by atoms with E-state index in [9.17, 15) is 0 Å². The molecule has 2 aromatic rings. The lowest BCUT2D eigenvalue weighted by Gasteiger charge is -2.10. The molecule has 0 saturated heterocycles. The van der Waals surface area contributed by atoms with E-state index >= 15 is 0 Å². The van der Waals surface area contributed by atoms with Gasteiger partial charge in [0.2, 0.25) is 0 Å². The fourth-order valence-electron chi connectivity index (χ4n) is 1.54. The van der Waals surface area contributed by atoms with Crippen molar-refractivity contribution in [3.05, 3.63) is 36.2 Å². The number of rotatable bonds is 5. The van der Waals surface area contributed by atoms with Crippen molar-refractivity contribution in [1.82, 2.24) is 10.2 Å². The maximum absolute atomic E-state index is 5.24. The van der Waals surface area contributed by atoms with Crippen LogP contribution in [0, 0.1) is 0 Å². The Hall–Kier alpha value is -2.17. The highest BCUT2D eigenvalue weighted by Crippen LogP contribution is 2.27. The number of anilines is 1. The van der Waals surface area contributed by atoms with E-state index < -0.39 is 0 Å². The summed E-state index contributed by atoms with van der Waals surface area (Å²) >= 11 is 0. The van der Waals surface area contributed by atoms with Crippen LogP contribution in [0.1, 0.15) is 5.56 Å². The van der Waals surface area contributed by atoms with Crippen molar-refractivity contribution in [3.8, 4) is 11.5 Å². The number of nitrogens with one attached hydrogen (secondary N) is 2. The van der Waals surface area contributed by atoms with Gasteiger partial charge in [-0.3, -0.25) is 5.10 Å². The van der Waals surface area contributed by atoms with Gasteiger partial charge in [-0.1, -0.05) is 6.07 Å². The third kappa shape index (κ3) is 2.69. The number of ether oxygens (including phenoxy) is 2. The molecule has 1 heterocycles. The highest BCUT2D eigenvalue weighted by Gasteiger charge is 2.04. The van der Waals surface area contributed by atoms with Crippen LogP contribution in [0.15, 0.2) is 30.6 Å². The van der Waals surface area contributed by atoms with Crippen molar-refractivity contribution in [3.63, 3.8) is 0 Å². The maximum Gasteiger partial charge on any atom is 0.161 e. The second-order valence-electron chi connectivity index (χ2n) is 3.53. The summed E-state index contributed by atoms with van der Waals surface area (Å²) in [5.41, 5.74) is 2.07. The molecule has 5 heteroatoms. The quantitative estimate of drug-likeness (QED) is 0.829. The molecule has 2 rings (SSSR count). The predicted molar refractivity (Wildman–Crippen MR) is 65.5 cm³/mol. The minimum atomic E-state index is 0.708. The molecule has 0 aliphatic rings. The Balaban J connectivity index is 2.06. The first-order valence-electron chi connectivity index (χ1n) is 5.27. The number of aromatic amines is 1. The smallest absolute Gasteiger partial charge is 0.161 e. The van der Waals surface area contributed by atoms with Gasteiger partial charge >= 0.3 is 0 Å². The molecule has 0 aliphatic heterocycles. The van der Waals surface area contributed by atoms with Gasteiger partial charge in [-0.15, -0.1) is 0 Å². The first-order chi connectivity index (χ1) is 8.33. The summed E-state index contributed by atoms with van der Waals surface area (Å²) in [6.07, 6.45) is 3.54. The number of hydrogen-bond acceptors (Lipinski definition) is 4. The lowest BCUT2D eigenvalue weighted by Crippen LogP contribution is -1.99. The standard InChI is InChI=1S/C12H15N3O2/c1-16-11-4-3-9(5-12(11)17-2)6-13-10-7-14-15-8-10/h3-5,7-8,13H,6H2,1-2H3,(H,14,15). The molecule has 5 nitrogen and oxygen atoms in total. The normalized spacial score (nSPS) is 10.0. The van der Waals surface area contributed by atoms with E-state index in [1.54, 1.807) is 26.6 Å². The van der Waals surface area contributed by atoms with Crippen LogP contribution in [0.2, 0.25) is 0 Å². The third-order valence-electron chi connectivity index (χ3n) is 2.44. The molecule has 0 radical (unpaired) electrons. The topological polar surface area (TPSA) is 59.2 Å². The number of nitrogens with zero attached hydrogens (tertiary/aromatic N) is 1. The molecule has 0 spiro atoms. The van der Waals surface area contributed by atoms with Crippen molar-refractivity contribution in [2.24, 2.45) is 0 Å². The van der Waals surface area contributed by atoms with Gasteiger partial charge in [-0.25, -0.2) is 0 Å². The Labute approximate surface area is 99.8 Å². The van der Waals surface area contributed by atoms with E-state index in [2.05, 4.69) is 15.5 Å². The first-order valence-corrected chi connectivity index (χ1v) is 5.27. The largest absolute Gasteiger partial charge is 0.493 e. The van der Waals surface area contributed by atoms with Crippen LogP contribution in [-0.4, -0.2) is 24.4 Å². The summed E-state index contributed by atoms with van der Waals surface area (Å²) in [5, 5.41) is 9.85. The molecule has 0 unspecified atom stereocenters. The van der Waals surface area contributed by atoms with Crippen LogP contribution in [0.25, 0.3) is 0 Å². The number of H-pyrrole nitrogens is 1. The van der Waals surface area contributed by atoms with Gasteiger partial charge in [0.1, 0.15) is 0 Å². The van der Waals surface area contributed by atoms with Crippen LogP contribution in [-0.2, 0) is 6.54 Å². The van der Waals surface area contributed by atoms with Gasteiger partial charge in [-0.05, 0) is 17.7 Å². The third-order valence-corrected chi connectivity index (χ3v) is 2.44. The Morgan fingerprint density at radius 2 is 2.06 bits per heavy atom. The molecule has 0 saturated carbocycles. The Bertz CT molecular complexity index is 469. The summed E-state index contributed by atoms with van der Waals surface area (Å²) in [6.45, 7) is 0.708. The molecule has 17 heavy (non-hydrogen) atoms. The summed E-state index contributed by atoms with van der Waals surface area (Å²) in [7, 11) is 3.26. The number of benzene rings is 1.